The average Bonchev–Trinajstić information content (AvgIpc) is 3.26. The number of nitrogen functional groups attached to an aromatic ring is 1. The van der Waals surface area contributed by atoms with E-state index in [0.29, 0.717) is 11.5 Å². The van der Waals surface area contributed by atoms with E-state index < -0.39 is 4.92 Å². The van der Waals surface area contributed by atoms with Crippen LogP contribution in [0, 0.1) is 10.1 Å². The minimum atomic E-state index is -0.408. The maximum Gasteiger partial charge on any atom is 0.269 e. The molecule has 0 saturated carbocycles. The van der Waals surface area contributed by atoms with E-state index in [-0.39, 0.29) is 5.69 Å². The number of hydrogen-bond acceptors (Lipinski definition) is 6. The zero-order valence-corrected chi connectivity index (χ0v) is 17.2. The Balaban J connectivity index is 1.80. The Morgan fingerprint density at radius 2 is 1.42 bits per heavy atom. The second-order valence-electron chi connectivity index (χ2n) is 7.66. The van der Waals surface area contributed by atoms with Crippen molar-refractivity contribution >= 4 is 44.2 Å². The Labute approximate surface area is 187 Å². The van der Waals surface area contributed by atoms with Crippen molar-refractivity contribution in [2.45, 2.75) is 0 Å². The van der Waals surface area contributed by atoms with Crippen molar-refractivity contribution in [1.29, 1.82) is 0 Å². The molecule has 3 aromatic carbocycles. The third kappa shape index (κ3) is 2.89. The second kappa shape index (κ2) is 7.10. The third-order valence-corrected chi connectivity index (χ3v) is 5.71. The molecule has 0 bridgehead atoms. The molecule has 3 aromatic heterocycles. The van der Waals surface area contributed by atoms with Gasteiger partial charge in [-0.25, -0.2) is 4.98 Å². The molecule has 8 nitrogen and oxygen atoms in total. The summed E-state index contributed by atoms with van der Waals surface area (Å²) < 4.78 is 2.01. The van der Waals surface area contributed by atoms with Crippen LogP contribution < -0.4 is 5.73 Å². The SMILES string of the molecule is Nc1ccc(-c2nc3c4cccnc4c4ncccc4c3n2-c2ccc([N+](=O)[O-])cc2)cc1. The van der Waals surface area contributed by atoms with E-state index >= 15 is 0 Å². The summed E-state index contributed by atoms with van der Waals surface area (Å²) in [6.45, 7) is 0. The van der Waals surface area contributed by atoms with Gasteiger partial charge in [0.1, 0.15) is 5.82 Å². The van der Waals surface area contributed by atoms with Crippen LogP contribution in [0.25, 0.3) is 49.9 Å². The third-order valence-electron chi connectivity index (χ3n) is 5.71. The summed E-state index contributed by atoms with van der Waals surface area (Å²) in [6, 6.07) is 21.7. The number of imidazole rings is 1. The predicted molar refractivity (Wildman–Crippen MR) is 128 cm³/mol. The topological polar surface area (TPSA) is 113 Å². The van der Waals surface area contributed by atoms with Gasteiger partial charge in [0.25, 0.3) is 5.69 Å². The average molecular weight is 432 g/mol. The maximum absolute atomic E-state index is 11.2. The summed E-state index contributed by atoms with van der Waals surface area (Å²) in [7, 11) is 0. The van der Waals surface area contributed by atoms with Crippen molar-refractivity contribution in [3.63, 3.8) is 0 Å². The number of rotatable bonds is 3. The van der Waals surface area contributed by atoms with E-state index in [0.717, 1.165) is 44.1 Å². The molecule has 6 aromatic rings. The smallest absolute Gasteiger partial charge is 0.269 e. The van der Waals surface area contributed by atoms with E-state index in [1.54, 1.807) is 24.5 Å². The number of nitro benzene ring substituents is 1. The largest absolute Gasteiger partial charge is 0.399 e. The Bertz CT molecular complexity index is 1690. The van der Waals surface area contributed by atoms with Gasteiger partial charge in [0.15, 0.2) is 0 Å². The molecule has 0 saturated heterocycles. The van der Waals surface area contributed by atoms with Crippen LogP contribution in [-0.2, 0) is 0 Å². The number of pyridine rings is 2. The quantitative estimate of drug-likeness (QED) is 0.176. The molecule has 0 amide bonds. The zero-order chi connectivity index (χ0) is 22.5. The van der Waals surface area contributed by atoms with Crippen LogP contribution in [0.15, 0.2) is 85.2 Å². The number of nitrogens with two attached hydrogens (primary N) is 1. The molecule has 6 rings (SSSR count). The Hall–Kier alpha value is -4.85. The van der Waals surface area contributed by atoms with Crippen molar-refractivity contribution in [3.05, 3.63) is 95.3 Å². The summed E-state index contributed by atoms with van der Waals surface area (Å²) >= 11 is 0. The molecule has 8 heteroatoms. The van der Waals surface area contributed by atoms with Gasteiger partial charge in [0.05, 0.1) is 27.0 Å². The van der Waals surface area contributed by atoms with E-state index in [1.807, 2.05) is 53.1 Å². The summed E-state index contributed by atoms with van der Waals surface area (Å²) in [6.07, 6.45) is 3.49. The molecule has 0 atom stereocenters. The number of benzene rings is 3. The highest BCUT2D eigenvalue weighted by Crippen LogP contribution is 2.37. The fraction of sp³-hybridized carbons (Fsp3) is 0. The summed E-state index contributed by atoms with van der Waals surface area (Å²) in [5.74, 6) is 0.695. The van der Waals surface area contributed by atoms with Gasteiger partial charge in [-0.3, -0.25) is 24.6 Å². The first-order valence-corrected chi connectivity index (χ1v) is 10.3. The number of hydrogen-bond donors (Lipinski definition) is 1. The standard InChI is InChI=1S/C25H16N6O2/c26-16-7-5-15(6-8-16)25-29-23-19-3-1-13-27-21(19)22-20(4-2-14-28-22)24(23)30(25)17-9-11-18(12-10-17)31(32)33/h1-14H,26H2. The first-order valence-electron chi connectivity index (χ1n) is 10.3. The number of anilines is 1. The van der Waals surface area contributed by atoms with Gasteiger partial charge < -0.3 is 5.73 Å². The highest BCUT2D eigenvalue weighted by atomic mass is 16.6. The van der Waals surface area contributed by atoms with E-state index in [4.69, 9.17) is 10.7 Å². The molecular weight excluding hydrogens is 416 g/mol. The van der Waals surface area contributed by atoms with Crippen LogP contribution in [0.5, 0.6) is 0 Å². The Morgan fingerprint density at radius 1 is 0.788 bits per heavy atom. The van der Waals surface area contributed by atoms with Crippen LogP contribution in [0.3, 0.4) is 0 Å². The molecular formula is C25H16N6O2. The molecule has 158 valence electrons. The normalized spacial score (nSPS) is 11.4. The lowest BCUT2D eigenvalue weighted by Crippen LogP contribution is -1.99. The van der Waals surface area contributed by atoms with Crippen LogP contribution in [0.2, 0.25) is 0 Å². The molecule has 0 aliphatic heterocycles. The van der Waals surface area contributed by atoms with Gasteiger partial charge in [-0.15, -0.1) is 0 Å². The molecule has 0 aliphatic carbocycles. The Morgan fingerprint density at radius 3 is 2.09 bits per heavy atom. The van der Waals surface area contributed by atoms with Crippen molar-refractivity contribution in [2.75, 3.05) is 5.73 Å². The van der Waals surface area contributed by atoms with Gasteiger partial charge in [0, 0.05) is 52.2 Å². The molecule has 0 fully saturated rings. The molecule has 0 radical (unpaired) electrons. The summed E-state index contributed by atoms with van der Waals surface area (Å²) in [5, 5.41) is 13.0. The second-order valence-corrected chi connectivity index (χ2v) is 7.66. The van der Waals surface area contributed by atoms with Gasteiger partial charge in [-0.2, -0.15) is 0 Å². The maximum atomic E-state index is 11.2. The summed E-state index contributed by atoms with van der Waals surface area (Å²) in [5.41, 5.74) is 11.4. The van der Waals surface area contributed by atoms with E-state index in [2.05, 4.69) is 9.97 Å². The number of aromatic nitrogens is 4. The Kier molecular flexibility index (Phi) is 4.06. The first-order chi connectivity index (χ1) is 16.1. The molecule has 3 heterocycles. The molecule has 0 aliphatic rings. The molecule has 2 N–H and O–H groups in total. The van der Waals surface area contributed by atoms with Crippen molar-refractivity contribution in [1.82, 2.24) is 19.5 Å². The number of nitro groups is 1. The molecule has 0 spiro atoms. The number of fused-ring (bicyclic) bond motifs is 6. The van der Waals surface area contributed by atoms with Crippen LogP contribution in [-0.4, -0.2) is 24.4 Å². The van der Waals surface area contributed by atoms with Gasteiger partial charge >= 0.3 is 0 Å². The lowest BCUT2D eigenvalue weighted by molar-refractivity contribution is -0.384. The monoisotopic (exact) mass is 432 g/mol. The summed E-state index contributed by atoms with van der Waals surface area (Å²) in [4.78, 5) is 25.0. The highest BCUT2D eigenvalue weighted by Gasteiger charge is 2.21. The molecule has 0 unspecified atom stereocenters. The highest BCUT2D eigenvalue weighted by molar-refractivity contribution is 6.21. The van der Waals surface area contributed by atoms with E-state index in [9.17, 15) is 10.1 Å². The minimum Gasteiger partial charge on any atom is -0.399 e. The number of nitrogens with zero attached hydrogens (tertiary/aromatic N) is 5. The van der Waals surface area contributed by atoms with Crippen LogP contribution in [0.4, 0.5) is 11.4 Å². The fourth-order valence-electron chi connectivity index (χ4n) is 4.23. The molecule has 33 heavy (non-hydrogen) atoms. The minimum absolute atomic E-state index is 0.0263. The van der Waals surface area contributed by atoms with Crippen molar-refractivity contribution in [3.8, 4) is 17.1 Å². The van der Waals surface area contributed by atoms with Crippen molar-refractivity contribution < 1.29 is 4.92 Å². The van der Waals surface area contributed by atoms with Crippen molar-refractivity contribution in [2.24, 2.45) is 0 Å². The first kappa shape index (κ1) is 18.9. The van der Waals surface area contributed by atoms with Crippen LogP contribution in [0.1, 0.15) is 0 Å². The lowest BCUT2D eigenvalue weighted by Gasteiger charge is -2.12. The van der Waals surface area contributed by atoms with Gasteiger partial charge in [-0.05, 0) is 60.7 Å². The lowest BCUT2D eigenvalue weighted by atomic mass is 10.1. The van der Waals surface area contributed by atoms with Crippen LogP contribution >= 0.6 is 0 Å². The fourth-order valence-corrected chi connectivity index (χ4v) is 4.23. The number of non-ortho nitro benzene ring substituents is 1. The van der Waals surface area contributed by atoms with Gasteiger partial charge in [0.2, 0.25) is 0 Å². The predicted octanol–water partition coefficient (Wildman–Crippen LogP) is 5.28. The van der Waals surface area contributed by atoms with Gasteiger partial charge in [-0.1, -0.05) is 0 Å². The zero-order valence-electron chi connectivity index (χ0n) is 17.2. The van der Waals surface area contributed by atoms with E-state index in [1.165, 1.54) is 12.1 Å².